The zero-order valence-corrected chi connectivity index (χ0v) is 16.1. The highest BCUT2D eigenvalue weighted by Crippen LogP contribution is 2.27. The molecule has 0 aliphatic carbocycles. The van der Waals surface area contributed by atoms with Gasteiger partial charge in [0.15, 0.2) is 0 Å². The number of nitrogens with zero attached hydrogens (tertiary/aromatic N) is 3. The Kier molecular flexibility index (Phi) is 5.20. The van der Waals surface area contributed by atoms with Crippen LogP contribution >= 0.6 is 11.3 Å². The number of thiophene rings is 1. The first-order valence-corrected chi connectivity index (χ1v) is 9.16. The Labute approximate surface area is 156 Å². The minimum atomic E-state index is -0.171. The minimum Gasteiger partial charge on any atom is -0.349 e. The predicted molar refractivity (Wildman–Crippen MR) is 105 cm³/mol. The lowest BCUT2D eigenvalue weighted by Gasteiger charge is -2.25. The molecule has 1 aromatic carbocycles. The number of aromatic nitrogens is 2. The first-order chi connectivity index (χ1) is 12.4. The van der Waals surface area contributed by atoms with Gasteiger partial charge in [0.25, 0.3) is 11.5 Å². The van der Waals surface area contributed by atoms with Crippen molar-refractivity contribution >= 4 is 27.5 Å². The highest BCUT2D eigenvalue weighted by molar-refractivity contribution is 7.20. The van der Waals surface area contributed by atoms with Crippen LogP contribution in [0.4, 0.5) is 0 Å². The summed E-state index contributed by atoms with van der Waals surface area (Å²) in [6.45, 7) is 2.28. The summed E-state index contributed by atoms with van der Waals surface area (Å²) in [6.07, 6.45) is 1.49. The van der Waals surface area contributed by atoms with Crippen molar-refractivity contribution in [3.05, 3.63) is 63.0 Å². The monoisotopic (exact) mass is 370 g/mol. The van der Waals surface area contributed by atoms with Crippen LogP contribution in [0.15, 0.2) is 41.5 Å². The van der Waals surface area contributed by atoms with Crippen LogP contribution in [0, 0.1) is 6.92 Å². The molecule has 0 aliphatic heterocycles. The van der Waals surface area contributed by atoms with E-state index in [0.717, 1.165) is 5.56 Å². The average Bonchev–Trinajstić information content (AvgIpc) is 2.96. The van der Waals surface area contributed by atoms with Gasteiger partial charge >= 0.3 is 0 Å². The zero-order chi connectivity index (χ0) is 18.8. The number of nitrogens with one attached hydrogen (secondary N) is 1. The van der Waals surface area contributed by atoms with E-state index in [9.17, 15) is 9.59 Å². The van der Waals surface area contributed by atoms with E-state index < -0.39 is 0 Å². The first kappa shape index (κ1) is 18.3. The molecule has 26 heavy (non-hydrogen) atoms. The Morgan fingerprint density at radius 3 is 2.65 bits per heavy atom. The van der Waals surface area contributed by atoms with Crippen molar-refractivity contribution in [3.8, 4) is 0 Å². The van der Waals surface area contributed by atoms with E-state index in [-0.39, 0.29) is 17.5 Å². The maximum atomic E-state index is 12.7. The van der Waals surface area contributed by atoms with E-state index in [4.69, 9.17) is 0 Å². The van der Waals surface area contributed by atoms with Crippen LogP contribution in [-0.2, 0) is 7.05 Å². The molecular formula is C19H22N4O2S. The Balaban J connectivity index is 1.84. The Morgan fingerprint density at radius 1 is 1.31 bits per heavy atom. The van der Waals surface area contributed by atoms with Gasteiger partial charge in [0.05, 0.1) is 22.6 Å². The predicted octanol–water partition coefficient (Wildman–Crippen LogP) is 2.34. The lowest BCUT2D eigenvalue weighted by Crippen LogP contribution is -2.34. The second kappa shape index (κ2) is 7.39. The van der Waals surface area contributed by atoms with E-state index >= 15 is 0 Å². The molecule has 0 aliphatic rings. The molecule has 1 amide bonds. The number of rotatable bonds is 5. The van der Waals surface area contributed by atoms with Crippen LogP contribution < -0.4 is 10.9 Å². The number of benzene rings is 1. The molecule has 1 atom stereocenters. The number of aryl methyl sites for hydroxylation is 2. The van der Waals surface area contributed by atoms with E-state index in [1.807, 2.05) is 32.3 Å². The van der Waals surface area contributed by atoms with Gasteiger partial charge in [0.1, 0.15) is 4.83 Å². The molecule has 0 fully saturated rings. The molecule has 0 unspecified atom stereocenters. The summed E-state index contributed by atoms with van der Waals surface area (Å²) in [6, 6.07) is 10.1. The summed E-state index contributed by atoms with van der Waals surface area (Å²) >= 11 is 1.26. The molecule has 0 radical (unpaired) electrons. The number of hydrogen-bond acceptors (Lipinski definition) is 5. The van der Waals surface area contributed by atoms with E-state index in [2.05, 4.69) is 27.3 Å². The van der Waals surface area contributed by atoms with Gasteiger partial charge in [0.2, 0.25) is 0 Å². The number of fused-ring (bicyclic) bond motifs is 1. The van der Waals surface area contributed by atoms with Gasteiger partial charge in [-0.2, -0.15) is 0 Å². The highest BCUT2D eigenvalue weighted by Gasteiger charge is 2.21. The Bertz CT molecular complexity index is 992. The van der Waals surface area contributed by atoms with Crippen LogP contribution in [0.25, 0.3) is 10.2 Å². The fourth-order valence-corrected chi connectivity index (χ4v) is 4.02. The number of likely N-dealkylation sites (N-methyl/N-ethyl adjacent to an activating group) is 1. The first-order valence-electron chi connectivity index (χ1n) is 8.34. The molecule has 3 aromatic rings. The highest BCUT2D eigenvalue weighted by atomic mass is 32.1. The van der Waals surface area contributed by atoms with Crippen molar-refractivity contribution in [2.75, 3.05) is 20.6 Å². The largest absolute Gasteiger partial charge is 0.349 e. The third-order valence-corrected chi connectivity index (χ3v) is 5.68. The summed E-state index contributed by atoms with van der Waals surface area (Å²) in [4.78, 5) is 32.5. The van der Waals surface area contributed by atoms with Gasteiger partial charge in [0, 0.05) is 13.6 Å². The number of carbonyl (C=O) groups is 1. The standard InChI is InChI=1S/C19H22N4O2S/c1-12-15-18(21-11-23(4)19(15)25)26-16(12)17(24)20-10-14(22(2)3)13-8-6-5-7-9-13/h5-9,11,14H,10H2,1-4H3,(H,20,24)/t14-/m1/s1. The summed E-state index contributed by atoms with van der Waals surface area (Å²) in [5.74, 6) is -0.171. The zero-order valence-electron chi connectivity index (χ0n) is 15.3. The number of amides is 1. The van der Waals surface area contributed by atoms with E-state index in [1.54, 1.807) is 14.0 Å². The van der Waals surface area contributed by atoms with Crippen molar-refractivity contribution < 1.29 is 4.79 Å². The minimum absolute atomic E-state index is 0.0702. The second-order valence-electron chi connectivity index (χ2n) is 6.50. The molecule has 1 N–H and O–H groups in total. The van der Waals surface area contributed by atoms with Crippen molar-refractivity contribution in [1.29, 1.82) is 0 Å². The van der Waals surface area contributed by atoms with Crippen molar-refractivity contribution in [2.24, 2.45) is 7.05 Å². The number of hydrogen-bond donors (Lipinski definition) is 1. The van der Waals surface area contributed by atoms with Crippen molar-refractivity contribution in [2.45, 2.75) is 13.0 Å². The molecular weight excluding hydrogens is 348 g/mol. The second-order valence-corrected chi connectivity index (χ2v) is 7.50. The maximum Gasteiger partial charge on any atom is 0.262 e. The van der Waals surface area contributed by atoms with Crippen molar-refractivity contribution in [3.63, 3.8) is 0 Å². The third-order valence-electron chi connectivity index (χ3n) is 4.48. The molecule has 6 nitrogen and oxygen atoms in total. The van der Waals surface area contributed by atoms with E-state index in [1.165, 1.54) is 22.2 Å². The fourth-order valence-electron chi connectivity index (χ4n) is 2.97. The van der Waals surface area contributed by atoms with Gasteiger partial charge in [-0.25, -0.2) is 4.98 Å². The molecule has 0 bridgehead atoms. The van der Waals surface area contributed by atoms with Crippen molar-refractivity contribution in [1.82, 2.24) is 19.8 Å². The average molecular weight is 370 g/mol. The lowest BCUT2D eigenvalue weighted by molar-refractivity contribution is 0.0945. The molecule has 2 aromatic heterocycles. The Hall–Kier alpha value is -2.51. The summed E-state index contributed by atoms with van der Waals surface area (Å²) in [5.41, 5.74) is 1.71. The molecule has 3 rings (SSSR count). The van der Waals surface area contributed by atoms with Crippen LogP contribution in [0.1, 0.15) is 26.8 Å². The van der Waals surface area contributed by atoms with Crippen LogP contribution in [0.3, 0.4) is 0 Å². The van der Waals surface area contributed by atoms with Gasteiger partial charge in [-0.15, -0.1) is 11.3 Å². The fraction of sp³-hybridized carbons (Fsp3) is 0.316. The summed E-state index contributed by atoms with van der Waals surface area (Å²) in [5, 5.41) is 3.53. The van der Waals surface area contributed by atoms with Gasteiger partial charge in [-0.1, -0.05) is 30.3 Å². The summed E-state index contributed by atoms with van der Waals surface area (Å²) in [7, 11) is 5.64. The quantitative estimate of drug-likeness (QED) is 0.749. The lowest BCUT2D eigenvalue weighted by atomic mass is 10.1. The molecule has 0 saturated heterocycles. The van der Waals surface area contributed by atoms with Gasteiger partial charge in [-0.05, 0) is 32.1 Å². The molecule has 136 valence electrons. The van der Waals surface area contributed by atoms with E-state index in [0.29, 0.717) is 27.2 Å². The van der Waals surface area contributed by atoms with Crippen LogP contribution in [-0.4, -0.2) is 41.0 Å². The SMILES string of the molecule is Cc1c(C(=O)NC[C@H](c2ccccc2)N(C)C)sc2ncn(C)c(=O)c12. The summed E-state index contributed by atoms with van der Waals surface area (Å²) < 4.78 is 1.43. The molecule has 0 saturated carbocycles. The topological polar surface area (TPSA) is 67.2 Å². The normalized spacial score (nSPS) is 12.5. The maximum absolute atomic E-state index is 12.7. The van der Waals surface area contributed by atoms with Crippen LogP contribution in [0.2, 0.25) is 0 Å². The van der Waals surface area contributed by atoms with Crippen LogP contribution in [0.5, 0.6) is 0 Å². The molecule has 0 spiro atoms. The van der Waals surface area contributed by atoms with Gasteiger partial charge in [-0.3, -0.25) is 9.59 Å². The number of carbonyl (C=O) groups excluding carboxylic acids is 1. The third kappa shape index (κ3) is 3.40. The smallest absolute Gasteiger partial charge is 0.262 e. The molecule has 2 heterocycles. The molecule has 7 heteroatoms. The van der Waals surface area contributed by atoms with Gasteiger partial charge < -0.3 is 14.8 Å². The Morgan fingerprint density at radius 2 is 2.00 bits per heavy atom.